The highest BCUT2D eigenvalue weighted by Gasteiger charge is 2.28. The molecule has 6 nitrogen and oxygen atoms in total. The molecule has 1 amide bonds. The van der Waals surface area contributed by atoms with Gasteiger partial charge in [0.15, 0.2) is 10.5 Å². The van der Waals surface area contributed by atoms with Crippen molar-refractivity contribution < 1.29 is 9.21 Å². The number of carbonyl (C=O) groups is 1. The Kier molecular flexibility index (Phi) is 3.49. The number of amides is 1. The summed E-state index contributed by atoms with van der Waals surface area (Å²) in [5, 5.41) is 10.9. The van der Waals surface area contributed by atoms with E-state index in [1.165, 1.54) is 0 Å². The number of benzene rings is 1. The maximum absolute atomic E-state index is 12.2. The van der Waals surface area contributed by atoms with Crippen LogP contribution in [0.2, 0.25) is 0 Å². The van der Waals surface area contributed by atoms with E-state index in [1.807, 2.05) is 28.8 Å². The first-order valence-electron chi connectivity index (χ1n) is 7.64. The minimum Gasteiger partial charge on any atom is -0.451 e. The van der Waals surface area contributed by atoms with Crippen molar-refractivity contribution in [1.29, 1.82) is 0 Å². The van der Waals surface area contributed by atoms with E-state index in [9.17, 15) is 4.79 Å². The molecule has 4 rings (SSSR count). The Morgan fingerprint density at radius 3 is 3.04 bits per heavy atom. The Hall–Kier alpha value is -2.41. The summed E-state index contributed by atoms with van der Waals surface area (Å²) in [7, 11) is 0. The zero-order valence-corrected chi connectivity index (χ0v) is 13.2. The van der Waals surface area contributed by atoms with Gasteiger partial charge in [-0.25, -0.2) is 0 Å². The number of aromatic amines is 1. The number of hydrogen-bond donors (Lipinski definition) is 2. The van der Waals surface area contributed by atoms with Crippen LogP contribution in [0.4, 0.5) is 0 Å². The third kappa shape index (κ3) is 2.79. The highest BCUT2D eigenvalue weighted by Crippen LogP contribution is 2.38. The first kappa shape index (κ1) is 14.2. The summed E-state index contributed by atoms with van der Waals surface area (Å²) >= 11 is 5.25. The van der Waals surface area contributed by atoms with Gasteiger partial charge in [-0.1, -0.05) is 18.2 Å². The average molecular weight is 328 g/mol. The minimum absolute atomic E-state index is 0.218. The molecule has 7 heteroatoms. The zero-order valence-electron chi connectivity index (χ0n) is 12.4. The fraction of sp³-hybridized carbons (Fsp3) is 0.312. The first-order chi connectivity index (χ1) is 11.2. The van der Waals surface area contributed by atoms with Crippen molar-refractivity contribution >= 4 is 29.1 Å². The van der Waals surface area contributed by atoms with Gasteiger partial charge in [-0.2, -0.15) is 5.10 Å². The standard InChI is InChI=1S/C16H16N4O2S/c21-15(13-9-11-3-1-2-4-12(11)22-13)17-7-8-20-14(10-5-6-10)18-19-16(20)23/h1-4,9-10H,5-8H2,(H,17,21)(H,19,23). The molecule has 2 aromatic heterocycles. The highest BCUT2D eigenvalue weighted by molar-refractivity contribution is 7.71. The number of nitrogens with zero attached hydrogens (tertiary/aromatic N) is 2. The summed E-state index contributed by atoms with van der Waals surface area (Å²) < 4.78 is 8.12. The van der Waals surface area contributed by atoms with E-state index >= 15 is 0 Å². The topological polar surface area (TPSA) is 75.8 Å². The van der Waals surface area contributed by atoms with Gasteiger partial charge in [0.05, 0.1) is 0 Å². The fourth-order valence-electron chi connectivity index (χ4n) is 2.66. The summed E-state index contributed by atoms with van der Waals surface area (Å²) in [5.74, 6) is 1.61. The molecule has 1 aliphatic carbocycles. The SMILES string of the molecule is O=C(NCCn1c(C2CC2)n[nH]c1=S)c1cc2ccccc2o1. The van der Waals surface area contributed by atoms with E-state index in [0.717, 1.165) is 24.1 Å². The van der Waals surface area contributed by atoms with Gasteiger partial charge < -0.3 is 14.3 Å². The fourth-order valence-corrected chi connectivity index (χ4v) is 2.89. The van der Waals surface area contributed by atoms with Gasteiger partial charge in [-0.3, -0.25) is 9.89 Å². The molecule has 0 radical (unpaired) electrons. The Labute approximate surface area is 137 Å². The van der Waals surface area contributed by atoms with Gasteiger partial charge in [-0.15, -0.1) is 0 Å². The van der Waals surface area contributed by atoms with Gasteiger partial charge in [0.25, 0.3) is 5.91 Å². The van der Waals surface area contributed by atoms with Crippen molar-refractivity contribution in [3.63, 3.8) is 0 Å². The summed E-state index contributed by atoms with van der Waals surface area (Å²) in [6.07, 6.45) is 2.32. The molecule has 0 unspecified atom stereocenters. The number of H-pyrrole nitrogens is 1. The number of rotatable bonds is 5. The second-order valence-corrected chi connectivity index (χ2v) is 6.10. The van der Waals surface area contributed by atoms with Crippen LogP contribution in [-0.4, -0.2) is 27.2 Å². The molecular formula is C16H16N4O2S. The Bertz CT molecular complexity index is 886. The molecule has 1 aliphatic rings. The molecule has 3 aromatic rings. The Morgan fingerprint density at radius 2 is 2.26 bits per heavy atom. The second kappa shape index (κ2) is 5.66. The summed E-state index contributed by atoms with van der Waals surface area (Å²) in [5.41, 5.74) is 0.714. The van der Waals surface area contributed by atoms with Crippen LogP contribution < -0.4 is 5.32 Å². The van der Waals surface area contributed by atoms with Crippen LogP contribution in [0, 0.1) is 4.77 Å². The Balaban J connectivity index is 1.42. The number of nitrogens with one attached hydrogen (secondary N) is 2. The molecule has 2 N–H and O–H groups in total. The van der Waals surface area contributed by atoms with Crippen molar-refractivity contribution in [1.82, 2.24) is 20.1 Å². The predicted octanol–water partition coefficient (Wildman–Crippen LogP) is 2.99. The number of fused-ring (bicyclic) bond motifs is 1. The average Bonchev–Trinajstić information content (AvgIpc) is 3.19. The van der Waals surface area contributed by atoms with Crippen LogP contribution in [0.5, 0.6) is 0 Å². The molecular weight excluding hydrogens is 312 g/mol. The first-order valence-corrected chi connectivity index (χ1v) is 8.05. The minimum atomic E-state index is -0.218. The predicted molar refractivity (Wildman–Crippen MR) is 87.9 cm³/mol. The molecule has 1 fully saturated rings. The van der Waals surface area contributed by atoms with Crippen LogP contribution in [0.3, 0.4) is 0 Å². The normalized spacial score (nSPS) is 14.3. The molecule has 0 spiro atoms. The van der Waals surface area contributed by atoms with E-state index in [4.69, 9.17) is 16.6 Å². The van der Waals surface area contributed by atoms with Gasteiger partial charge in [0, 0.05) is 24.4 Å². The van der Waals surface area contributed by atoms with Gasteiger partial charge in [0.2, 0.25) is 0 Å². The van der Waals surface area contributed by atoms with Crippen molar-refractivity contribution in [2.45, 2.75) is 25.3 Å². The third-order valence-electron chi connectivity index (χ3n) is 4.00. The smallest absolute Gasteiger partial charge is 0.287 e. The lowest BCUT2D eigenvalue weighted by molar-refractivity contribution is 0.0926. The zero-order chi connectivity index (χ0) is 15.8. The molecule has 0 aliphatic heterocycles. The molecule has 1 saturated carbocycles. The van der Waals surface area contributed by atoms with Crippen molar-refractivity contribution in [2.24, 2.45) is 0 Å². The lowest BCUT2D eigenvalue weighted by Crippen LogP contribution is -2.27. The van der Waals surface area contributed by atoms with Crippen LogP contribution >= 0.6 is 12.2 Å². The van der Waals surface area contributed by atoms with Crippen molar-refractivity contribution in [3.05, 3.63) is 46.7 Å². The van der Waals surface area contributed by atoms with Crippen LogP contribution in [0.25, 0.3) is 11.0 Å². The van der Waals surface area contributed by atoms with Crippen LogP contribution in [-0.2, 0) is 6.54 Å². The second-order valence-electron chi connectivity index (χ2n) is 5.72. The molecule has 118 valence electrons. The van der Waals surface area contributed by atoms with E-state index in [2.05, 4.69) is 15.5 Å². The largest absolute Gasteiger partial charge is 0.451 e. The number of carbonyl (C=O) groups excluding carboxylic acids is 1. The van der Waals surface area contributed by atoms with E-state index in [-0.39, 0.29) is 5.91 Å². The van der Waals surface area contributed by atoms with Gasteiger partial charge in [-0.05, 0) is 37.2 Å². The van der Waals surface area contributed by atoms with Gasteiger partial charge in [0.1, 0.15) is 11.4 Å². The number of aromatic nitrogens is 3. The number of furan rings is 1. The number of hydrogen-bond acceptors (Lipinski definition) is 4. The monoisotopic (exact) mass is 328 g/mol. The van der Waals surface area contributed by atoms with Crippen molar-refractivity contribution in [2.75, 3.05) is 6.54 Å². The van der Waals surface area contributed by atoms with Gasteiger partial charge >= 0.3 is 0 Å². The highest BCUT2D eigenvalue weighted by atomic mass is 32.1. The van der Waals surface area contributed by atoms with E-state index in [0.29, 0.717) is 35.1 Å². The molecule has 1 aromatic carbocycles. The molecule has 0 atom stereocenters. The summed E-state index contributed by atoms with van der Waals surface area (Å²) in [6, 6.07) is 9.32. The number of para-hydroxylation sites is 1. The van der Waals surface area contributed by atoms with Crippen LogP contribution in [0.15, 0.2) is 34.7 Å². The molecule has 0 saturated heterocycles. The van der Waals surface area contributed by atoms with E-state index < -0.39 is 0 Å². The lowest BCUT2D eigenvalue weighted by Gasteiger charge is -2.06. The maximum Gasteiger partial charge on any atom is 0.287 e. The molecule has 23 heavy (non-hydrogen) atoms. The van der Waals surface area contributed by atoms with E-state index in [1.54, 1.807) is 6.07 Å². The third-order valence-corrected chi connectivity index (χ3v) is 4.31. The summed E-state index contributed by atoms with van der Waals surface area (Å²) in [6.45, 7) is 1.08. The quantitative estimate of drug-likeness (QED) is 0.706. The molecule has 2 heterocycles. The summed E-state index contributed by atoms with van der Waals surface area (Å²) in [4.78, 5) is 12.2. The Morgan fingerprint density at radius 1 is 1.43 bits per heavy atom. The maximum atomic E-state index is 12.2. The molecule has 0 bridgehead atoms. The van der Waals surface area contributed by atoms with Crippen molar-refractivity contribution in [3.8, 4) is 0 Å². The van der Waals surface area contributed by atoms with Crippen LogP contribution in [0.1, 0.15) is 35.1 Å². The lowest BCUT2D eigenvalue weighted by atomic mass is 10.2.